The molecule has 0 saturated heterocycles. The Kier molecular flexibility index (Phi) is 4.77. The molecule has 0 aliphatic rings. The molecule has 0 heterocycles. The molecule has 1 rings (SSSR count). The molecule has 90 valence electrons. The van der Waals surface area contributed by atoms with Gasteiger partial charge in [0.15, 0.2) is 0 Å². The third-order valence-corrected chi connectivity index (χ3v) is 2.58. The molecular formula is C12H18BrNO2. The SMILES string of the molecule is CNCc1ccc(OCC(C)(C)O)c(Br)c1. The number of halogens is 1. The van der Waals surface area contributed by atoms with Gasteiger partial charge in [-0.1, -0.05) is 6.07 Å². The summed E-state index contributed by atoms with van der Waals surface area (Å²) in [6, 6.07) is 5.92. The highest BCUT2D eigenvalue weighted by molar-refractivity contribution is 9.10. The van der Waals surface area contributed by atoms with E-state index in [2.05, 4.69) is 21.2 Å². The molecule has 4 heteroatoms. The van der Waals surface area contributed by atoms with Crippen LogP contribution < -0.4 is 10.1 Å². The van der Waals surface area contributed by atoms with Gasteiger partial charge in [0.05, 0.1) is 10.1 Å². The van der Waals surface area contributed by atoms with Gasteiger partial charge in [0.2, 0.25) is 0 Å². The first kappa shape index (κ1) is 13.5. The quantitative estimate of drug-likeness (QED) is 0.873. The van der Waals surface area contributed by atoms with Gasteiger partial charge in [0.25, 0.3) is 0 Å². The van der Waals surface area contributed by atoms with Crippen molar-refractivity contribution < 1.29 is 9.84 Å². The van der Waals surface area contributed by atoms with Crippen molar-refractivity contribution in [1.82, 2.24) is 5.32 Å². The monoisotopic (exact) mass is 287 g/mol. The van der Waals surface area contributed by atoms with E-state index in [1.54, 1.807) is 13.8 Å². The number of hydrogen-bond acceptors (Lipinski definition) is 3. The van der Waals surface area contributed by atoms with Crippen LogP contribution >= 0.6 is 15.9 Å². The van der Waals surface area contributed by atoms with Crippen LogP contribution in [0.2, 0.25) is 0 Å². The smallest absolute Gasteiger partial charge is 0.133 e. The molecule has 0 fully saturated rings. The lowest BCUT2D eigenvalue weighted by Gasteiger charge is -2.18. The molecule has 0 radical (unpaired) electrons. The summed E-state index contributed by atoms with van der Waals surface area (Å²) in [5, 5.41) is 12.6. The second kappa shape index (κ2) is 5.66. The fraction of sp³-hybridized carbons (Fsp3) is 0.500. The van der Waals surface area contributed by atoms with Crippen molar-refractivity contribution in [3.8, 4) is 5.75 Å². The van der Waals surface area contributed by atoms with Gasteiger partial charge in [0, 0.05) is 6.54 Å². The number of nitrogens with one attached hydrogen (secondary N) is 1. The zero-order valence-electron chi connectivity index (χ0n) is 9.88. The molecule has 0 aromatic heterocycles. The molecule has 0 aliphatic heterocycles. The van der Waals surface area contributed by atoms with Crippen LogP contribution in [0.4, 0.5) is 0 Å². The summed E-state index contributed by atoms with van der Waals surface area (Å²) in [5.41, 5.74) is 0.369. The molecule has 0 aliphatic carbocycles. The molecule has 16 heavy (non-hydrogen) atoms. The van der Waals surface area contributed by atoms with Crippen LogP contribution in [0.25, 0.3) is 0 Å². The van der Waals surface area contributed by atoms with E-state index in [9.17, 15) is 5.11 Å². The average Bonchev–Trinajstić information content (AvgIpc) is 2.15. The van der Waals surface area contributed by atoms with E-state index in [1.165, 1.54) is 5.56 Å². The van der Waals surface area contributed by atoms with E-state index in [4.69, 9.17) is 4.74 Å². The van der Waals surface area contributed by atoms with Gasteiger partial charge < -0.3 is 15.2 Å². The lowest BCUT2D eigenvalue weighted by Crippen LogP contribution is -2.27. The summed E-state index contributed by atoms with van der Waals surface area (Å²) in [4.78, 5) is 0. The normalized spacial score (nSPS) is 11.6. The van der Waals surface area contributed by atoms with Crippen LogP contribution in [0.5, 0.6) is 5.75 Å². The van der Waals surface area contributed by atoms with E-state index in [1.807, 2.05) is 25.2 Å². The van der Waals surface area contributed by atoms with E-state index in [0.29, 0.717) is 0 Å². The Morgan fingerprint density at radius 1 is 1.44 bits per heavy atom. The first-order valence-corrected chi connectivity index (χ1v) is 6.00. The Hall–Kier alpha value is -0.580. The third-order valence-electron chi connectivity index (χ3n) is 1.96. The van der Waals surface area contributed by atoms with Crippen LogP contribution in [-0.4, -0.2) is 24.4 Å². The lowest BCUT2D eigenvalue weighted by molar-refractivity contribution is 0.0282. The van der Waals surface area contributed by atoms with Gasteiger partial charge in [-0.05, 0) is 54.5 Å². The van der Waals surface area contributed by atoms with E-state index in [0.717, 1.165) is 16.8 Å². The molecule has 0 atom stereocenters. The maximum Gasteiger partial charge on any atom is 0.133 e. The standard InChI is InChI=1S/C12H18BrNO2/c1-12(2,15)8-16-11-5-4-9(7-14-3)6-10(11)13/h4-6,14-15H,7-8H2,1-3H3. The summed E-state index contributed by atoms with van der Waals surface area (Å²) in [6.07, 6.45) is 0. The maximum atomic E-state index is 9.56. The predicted octanol–water partition coefficient (Wildman–Crippen LogP) is 2.32. The Morgan fingerprint density at radius 3 is 2.62 bits per heavy atom. The van der Waals surface area contributed by atoms with Crippen LogP contribution in [0.1, 0.15) is 19.4 Å². The van der Waals surface area contributed by atoms with Crippen molar-refractivity contribution in [3.63, 3.8) is 0 Å². The first-order valence-electron chi connectivity index (χ1n) is 5.20. The Bertz CT molecular complexity index is 347. The minimum atomic E-state index is -0.816. The largest absolute Gasteiger partial charge is 0.489 e. The molecule has 1 aromatic rings. The fourth-order valence-corrected chi connectivity index (χ4v) is 1.77. The van der Waals surface area contributed by atoms with Crippen molar-refractivity contribution in [3.05, 3.63) is 28.2 Å². The van der Waals surface area contributed by atoms with Crippen molar-refractivity contribution >= 4 is 15.9 Å². The van der Waals surface area contributed by atoms with Crippen molar-refractivity contribution in [2.24, 2.45) is 0 Å². The number of aliphatic hydroxyl groups is 1. The van der Waals surface area contributed by atoms with E-state index < -0.39 is 5.60 Å². The van der Waals surface area contributed by atoms with Gasteiger partial charge in [-0.3, -0.25) is 0 Å². The molecule has 2 N–H and O–H groups in total. The molecular weight excluding hydrogens is 270 g/mol. The summed E-state index contributed by atoms with van der Waals surface area (Å²) < 4.78 is 6.42. The molecule has 0 spiro atoms. The molecule has 0 saturated carbocycles. The van der Waals surface area contributed by atoms with Crippen LogP contribution in [-0.2, 0) is 6.54 Å². The van der Waals surface area contributed by atoms with Crippen LogP contribution in [0.15, 0.2) is 22.7 Å². The topological polar surface area (TPSA) is 41.5 Å². The maximum absolute atomic E-state index is 9.56. The zero-order chi connectivity index (χ0) is 12.2. The number of benzene rings is 1. The summed E-state index contributed by atoms with van der Waals surface area (Å²) in [6.45, 7) is 4.54. The summed E-state index contributed by atoms with van der Waals surface area (Å²) in [5.74, 6) is 0.752. The first-order chi connectivity index (χ1) is 7.42. The molecule has 1 aromatic carbocycles. The molecule has 0 amide bonds. The fourth-order valence-electron chi connectivity index (χ4n) is 1.23. The van der Waals surface area contributed by atoms with Crippen LogP contribution in [0.3, 0.4) is 0 Å². The van der Waals surface area contributed by atoms with Gasteiger partial charge in [-0.15, -0.1) is 0 Å². The molecule has 3 nitrogen and oxygen atoms in total. The van der Waals surface area contributed by atoms with Crippen molar-refractivity contribution in [2.75, 3.05) is 13.7 Å². The highest BCUT2D eigenvalue weighted by Crippen LogP contribution is 2.26. The number of ether oxygens (including phenoxy) is 1. The minimum absolute atomic E-state index is 0.275. The van der Waals surface area contributed by atoms with Crippen molar-refractivity contribution in [2.45, 2.75) is 26.0 Å². The second-order valence-corrected chi connectivity index (χ2v) is 5.25. The second-order valence-electron chi connectivity index (χ2n) is 4.40. The highest BCUT2D eigenvalue weighted by atomic mass is 79.9. The van der Waals surface area contributed by atoms with Gasteiger partial charge in [0.1, 0.15) is 12.4 Å². The van der Waals surface area contributed by atoms with Gasteiger partial charge >= 0.3 is 0 Å². The molecule has 0 unspecified atom stereocenters. The van der Waals surface area contributed by atoms with E-state index >= 15 is 0 Å². The minimum Gasteiger partial charge on any atom is -0.489 e. The van der Waals surface area contributed by atoms with Crippen LogP contribution in [0, 0.1) is 0 Å². The predicted molar refractivity (Wildman–Crippen MR) is 68.7 cm³/mol. The Balaban J connectivity index is 2.68. The van der Waals surface area contributed by atoms with E-state index in [-0.39, 0.29) is 6.61 Å². The van der Waals surface area contributed by atoms with Gasteiger partial charge in [-0.2, -0.15) is 0 Å². The Morgan fingerprint density at radius 2 is 2.12 bits per heavy atom. The summed E-state index contributed by atoms with van der Waals surface area (Å²) >= 11 is 3.45. The van der Waals surface area contributed by atoms with Crippen molar-refractivity contribution in [1.29, 1.82) is 0 Å². The Labute approximate surface area is 105 Å². The molecule has 0 bridgehead atoms. The highest BCUT2D eigenvalue weighted by Gasteiger charge is 2.14. The number of rotatable bonds is 5. The third kappa shape index (κ3) is 4.51. The van der Waals surface area contributed by atoms with Gasteiger partial charge in [-0.25, -0.2) is 0 Å². The number of hydrogen-bond donors (Lipinski definition) is 2. The lowest BCUT2D eigenvalue weighted by atomic mass is 10.1. The summed E-state index contributed by atoms with van der Waals surface area (Å²) in [7, 11) is 1.91. The average molecular weight is 288 g/mol. The zero-order valence-corrected chi connectivity index (χ0v) is 11.5.